The van der Waals surface area contributed by atoms with Crippen molar-refractivity contribution < 1.29 is 23.9 Å². The summed E-state index contributed by atoms with van der Waals surface area (Å²) in [6, 6.07) is 7.87. The second-order valence-corrected chi connectivity index (χ2v) is 11.2. The number of likely N-dealkylation sites (N-methyl/N-ethyl adjacent to an activating group) is 1. The molecule has 5 N–H and O–H groups in total. The molecule has 2 saturated carbocycles. The van der Waals surface area contributed by atoms with Crippen LogP contribution in [0.2, 0.25) is 0 Å². The minimum absolute atomic E-state index is 0.0124. The minimum atomic E-state index is -1.20. The van der Waals surface area contributed by atoms with Crippen LogP contribution in [0.15, 0.2) is 35.1 Å². The zero-order valence-corrected chi connectivity index (χ0v) is 23.6. The molecule has 0 spiro atoms. The molecule has 0 radical (unpaired) electrons. The first kappa shape index (κ1) is 29.3. The maximum absolute atomic E-state index is 13.7. The van der Waals surface area contributed by atoms with Crippen LogP contribution in [0.25, 0.3) is 0 Å². The minimum Gasteiger partial charge on any atom is -0.450 e. The molecule has 2 aliphatic rings. The predicted molar refractivity (Wildman–Crippen MR) is 148 cm³/mol. The summed E-state index contributed by atoms with van der Waals surface area (Å²) in [5.41, 5.74) is 5.95. The van der Waals surface area contributed by atoms with E-state index >= 15 is 0 Å². The van der Waals surface area contributed by atoms with Gasteiger partial charge in [0.25, 0.3) is 5.56 Å². The van der Waals surface area contributed by atoms with Gasteiger partial charge >= 0.3 is 12.1 Å². The molecule has 3 atom stereocenters. The van der Waals surface area contributed by atoms with Crippen molar-refractivity contribution in [3.05, 3.63) is 57.5 Å². The summed E-state index contributed by atoms with van der Waals surface area (Å²) in [5, 5.41) is 8.67. The van der Waals surface area contributed by atoms with E-state index in [-0.39, 0.29) is 31.8 Å². The maximum Gasteiger partial charge on any atom is 0.409 e. The van der Waals surface area contributed by atoms with E-state index in [4.69, 9.17) is 15.2 Å². The van der Waals surface area contributed by atoms with E-state index in [1.54, 1.807) is 27.8 Å². The molecule has 2 unspecified atom stereocenters. The van der Waals surface area contributed by atoms with Crippen LogP contribution in [0, 0.1) is 5.92 Å². The number of nitrogens with two attached hydrogens (primary N) is 1. The molecule has 12 heteroatoms. The normalized spacial score (nSPS) is 19.0. The van der Waals surface area contributed by atoms with Gasteiger partial charge in [-0.05, 0) is 51.5 Å². The topological polar surface area (TPSA) is 161 Å². The zero-order chi connectivity index (χ0) is 29.0. The lowest BCUT2D eigenvalue weighted by atomic mass is 10.0. The molecule has 1 heterocycles. The highest BCUT2D eigenvalue weighted by Crippen LogP contribution is 2.45. The quantitative estimate of drug-likeness (QED) is 0.312. The van der Waals surface area contributed by atoms with Crippen LogP contribution < -0.4 is 21.9 Å². The van der Waals surface area contributed by atoms with E-state index in [0.29, 0.717) is 30.1 Å². The van der Waals surface area contributed by atoms with Gasteiger partial charge in [0.05, 0.1) is 37.1 Å². The molecular weight excluding hydrogens is 516 g/mol. The van der Waals surface area contributed by atoms with Gasteiger partial charge in [-0.2, -0.15) is 4.68 Å². The molecule has 1 aromatic heterocycles. The summed E-state index contributed by atoms with van der Waals surface area (Å²) < 4.78 is 12.0. The van der Waals surface area contributed by atoms with Crippen molar-refractivity contribution in [1.29, 1.82) is 0 Å². The summed E-state index contributed by atoms with van der Waals surface area (Å²) in [4.78, 5) is 53.5. The fourth-order valence-electron chi connectivity index (χ4n) is 4.56. The highest BCUT2D eigenvalue weighted by atomic mass is 16.6. The Hall–Kier alpha value is -3.64. The summed E-state index contributed by atoms with van der Waals surface area (Å²) in [5.74, 6) is -0.385. The van der Waals surface area contributed by atoms with Gasteiger partial charge in [-0.25, -0.2) is 9.59 Å². The van der Waals surface area contributed by atoms with Crippen LogP contribution in [0.5, 0.6) is 0 Å². The molecule has 0 saturated heterocycles. The number of rotatable bonds is 12. The number of H-pyrrole nitrogens is 1. The van der Waals surface area contributed by atoms with Crippen LogP contribution in [0.1, 0.15) is 68.8 Å². The Balaban J connectivity index is 1.65. The zero-order valence-electron chi connectivity index (χ0n) is 23.6. The van der Waals surface area contributed by atoms with Gasteiger partial charge in [0.15, 0.2) is 0 Å². The van der Waals surface area contributed by atoms with Crippen LogP contribution in [-0.4, -0.2) is 71.1 Å². The molecule has 4 rings (SSSR count). The van der Waals surface area contributed by atoms with Crippen molar-refractivity contribution in [1.82, 2.24) is 25.3 Å². The third kappa shape index (κ3) is 7.11. The fraction of sp³-hybridized carbons (Fsp3) is 0.571. The molecule has 2 fully saturated rings. The number of hydrogen-bond donors (Lipinski definition) is 4. The third-order valence-electron chi connectivity index (χ3n) is 7.21. The van der Waals surface area contributed by atoms with Gasteiger partial charge < -0.3 is 30.7 Å². The van der Waals surface area contributed by atoms with Gasteiger partial charge in [-0.15, -0.1) is 0 Å². The van der Waals surface area contributed by atoms with Crippen molar-refractivity contribution in [3.8, 4) is 0 Å². The molecule has 2 aliphatic carbocycles. The Labute approximate surface area is 233 Å². The Morgan fingerprint density at radius 3 is 2.55 bits per heavy atom. The Bertz CT molecular complexity index is 1260. The number of hydrogen-bond acceptors (Lipinski definition) is 7. The number of aromatic nitrogens is 2. The second kappa shape index (κ2) is 12.3. The number of nitrogens with zero attached hydrogens (tertiary/aromatic N) is 2. The van der Waals surface area contributed by atoms with Gasteiger partial charge in [0, 0.05) is 31.1 Å². The number of carbonyl (C=O) groups excluding carboxylic acids is 3. The molecule has 0 aliphatic heterocycles. The van der Waals surface area contributed by atoms with Crippen molar-refractivity contribution >= 4 is 18.0 Å². The van der Waals surface area contributed by atoms with Crippen LogP contribution in [0.4, 0.5) is 9.59 Å². The summed E-state index contributed by atoms with van der Waals surface area (Å²) in [6.45, 7) is 5.88. The van der Waals surface area contributed by atoms with E-state index in [9.17, 15) is 19.2 Å². The molecule has 3 amide bonds. The van der Waals surface area contributed by atoms with Gasteiger partial charge in [-0.1, -0.05) is 30.3 Å². The Morgan fingerprint density at radius 1 is 1.23 bits per heavy atom. The first-order chi connectivity index (χ1) is 19.0. The number of benzene rings is 1. The largest absolute Gasteiger partial charge is 0.450 e. The first-order valence-electron chi connectivity index (χ1n) is 13.7. The number of ether oxygens (including phenoxy) is 2. The predicted octanol–water partition coefficient (Wildman–Crippen LogP) is 2.20. The summed E-state index contributed by atoms with van der Waals surface area (Å²) in [6.07, 6.45) is 2.10. The van der Waals surface area contributed by atoms with E-state index in [0.717, 1.165) is 23.1 Å². The standard InChI is InChI=1S/C28H40N6O6/c1-5-40-27(38)33(4)21-13-19(21)22-23(32-34(24(22)35)26(37)30-14-17-11-12-17)20(31-25(36)28(2,3)29)16-39-15-18-9-7-6-8-10-18/h6-10,17,19-21,32H,5,11-16,29H2,1-4H3,(H,30,37)(H,31,36)/t19?,20?,21-/m1/s1. The molecule has 12 nitrogen and oxygen atoms in total. The number of nitrogens with one attached hydrogen (secondary N) is 3. The Kier molecular flexibility index (Phi) is 8.99. The number of carbonyl (C=O) groups is 3. The molecule has 1 aromatic carbocycles. The van der Waals surface area contributed by atoms with Crippen LogP contribution >= 0.6 is 0 Å². The van der Waals surface area contributed by atoms with Crippen LogP contribution in [-0.2, 0) is 20.9 Å². The lowest BCUT2D eigenvalue weighted by Crippen LogP contribution is -2.50. The van der Waals surface area contributed by atoms with E-state index in [2.05, 4.69) is 15.7 Å². The third-order valence-corrected chi connectivity index (χ3v) is 7.21. The summed E-state index contributed by atoms with van der Waals surface area (Å²) in [7, 11) is 1.62. The number of aromatic amines is 1. The van der Waals surface area contributed by atoms with Gasteiger partial charge in [-0.3, -0.25) is 14.7 Å². The smallest absolute Gasteiger partial charge is 0.409 e. The van der Waals surface area contributed by atoms with E-state index in [1.165, 1.54) is 4.90 Å². The molecule has 2 aromatic rings. The van der Waals surface area contributed by atoms with Gasteiger partial charge in [0.1, 0.15) is 0 Å². The van der Waals surface area contributed by atoms with Crippen molar-refractivity contribution in [2.24, 2.45) is 11.7 Å². The highest BCUT2D eigenvalue weighted by Gasteiger charge is 2.48. The average Bonchev–Trinajstić information content (AvgIpc) is 3.85. The lowest BCUT2D eigenvalue weighted by Gasteiger charge is -2.24. The molecule has 0 bridgehead atoms. The molecule has 40 heavy (non-hydrogen) atoms. The van der Waals surface area contributed by atoms with Crippen molar-refractivity contribution in [2.75, 3.05) is 26.8 Å². The van der Waals surface area contributed by atoms with Crippen LogP contribution in [0.3, 0.4) is 0 Å². The highest BCUT2D eigenvalue weighted by molar-refractivity contribution is 5.85. The van der Waals surface area contributed by atoms with E-state index < -0.39 is 35.2 Å². The summed E-state index contributed by atoms with van der Waals surface area (Å²) >= 11 is 0. The molecule has 218 valence electrons. The second-order valence-electron chi connectivity index (χ2n) is 11.2. The van der Waals surface area contributed by atoms with Crippen molar-refractivity contribution in [2.45, 2.75) is 70.2 Å². The number of amides is 3. The monoisotopic (exact) mass is 556 g/mol. The first-order valence-corrected chi connectivity index (χ1v) is 13.7. The SMILES string of the molecule is CCOC(=O)N(C)[C@@H]1CC1c1c(C(COCc2ccccc2)NC(=O)C(C)(C)N)[nH]n(C(=O)NCC2CC2)c1=O. The van der Waals surface area contributed by atoms with Crippen molar-refractivity contribution in [3.63, 3.8) is 0 Å². The van der Waals surface area contributed by atoms with E-state index in [1.807, 2.05) is 30.3 Å². The maximum atomic E-state index is 13.7. The fourth-order valence-corrected chi connectivity index (χ4v) is 4.56. The molecular formula is C28H40N6O6. The average molecular weight is 557 g/mol. The lowest BCUT2D eigenvalue weighted by molar-refractivity contribution is -0.126. The van der Waals surface area contributed by atoms with Gasteiger partial charge in [0.2, 0.25) is 5.91 Å². The Morgan fingerprint density at radius 2 is 1.93 bits per heavy atom.